The number of fused-ring (bicyclic) bond motifs is 1. The predicted octanol–water partition coefficient (Wildman–Crippen LogP) is 4.31. The zero-order valence-corrected chi connectivity index (χ0v) is 15.6. The third kappa shape index (κ3) is 2.84. The van der Waals surface area contributed by atoms with Crippen molar-refractivity contribution in [3.05, 3.63) is 51.1 Å². The second-order valence-electron chi connectivity index (χ2n) is 6.44. The number of carbonyl (C=O) groups is 1. The van der Waals surface area contributed by atoms with Gasteiger partial charge in [-0.05, 0) is 44.4 Å². The number of hydrogen-bond donors (Lipinski definition) is 1. The highest BCUT2D eigenvalue weighted by Crippen LogP contribution is 2.29. The van der Waals surface area contributed by atoms with Gasteiger partial charge in [0.15, 0.2) is 0 Å². The molecule has 5 heteroatoms. The van der Waals surface area contributed by atoms with Crippen molar-refractivity contribution < 1.29 is 4.79 Å². The molecule has 3 aromatic rings. The van der Waals surface area contributed by atoms with Gasteiger partial charge >= 0.3 is 0 Å². The number of thiazole rings is 1. The van der Waals surface area contributed by atoms with Gasteiger partial charge in [-0.2, -0.15) is 0 Å². The predicted molar refractivity (Wildman–Crippen MR) is 99.5 cm³/mol. The highest BCUT2D eigenvalue weighted by Gasteiger charge is 2.22. The zero-order valence-electron chi connectivity index (χ0n) is 14.8. The first-order valence-electron chi connectivity index (χ1n) is 8.11. The first-order chi connectivity index (χ1) is 11.4. The summed E-state index contributed by atoms with van der Waals surface area (Å²) in [5, 5.41) is 1.19. The van der Waals surface area contributed by atoms with Crippen LogP contribution in [-0.2, 0) is 11.2 Å². The van der Waals surface area contributed by atoms with Gasteiger partial charge in [-0.25, -0.2) is 0 Å². The lowest BCUT2D eigenvalue weighted by Crippen LogP contribution is -2.30. The number of aromatic amines is 1. The Bertz CT molecular complexity index is 880. The van der Waals surface area contributed by atoms with Crippen LogP contribution in [0, 0.1) is 20.8 Å². The van der Waals surface area contributed by atoms with Gasteiger partial charge in [-0.1, -0.05) is 12.1 Å². The number of carbonyl (C=O) groups excluding carboxylic acids is 1. The van der Waals surface area contributed by atoms with E-state index in [0.29, 0.717) is 6.42 Å². The minimum Gasteiger partial charge on any atom is -0.358 e. The van der Waals surface area contributed by atoms with Crippen molar-refractivity contribution in [2.24, 2.45) is 0 Å². The molecule has 0 spiro atoms. The van der Waals surface area contributed by atoms with Gasteiger partial charge in [0.1, 0.15) is 0 Å². The van der Waals surface area contributed by atoms with Crippen LogP contribution in [0.1, 0.15) is 40.2 Å². The van der Waals surface area contributed by atoms with Gasteiger partial charge in [-0.3, -0.25) is 9.78 Å². The molecule has 0 fully saturated rings. The zero-order chi connectivity index (χ0) is 17.4. The van der Waals surface area contributed by atoms with Crippen molar-refractivity contribution >= 4 is 28.1 Å². The van der Waals surface area contributed by atoms with Crippen molar-refractivity contribution in [1.29, 1.82) is 0 Å². The third-order valence-electron chi connectivity index (χ3n) is 4.85. The van der Waals surface area contributed by atoms with E-state index in [-0.39, 0.29) is 11.9 Å². The number of H-pyrrole nitrogens is 1. The van der Waals surface area contributed by atoms with Crippen molar-refractivity contribution in [2.45, 2.75) is 40.2 Å². The summed E-state index contributed by atoms with van der Waals surface area (Å²) in [7, 11) is 1.87. The maximum absolute atomic E-state index is 12.8. The molecule has 0 unspecified atom stereocenters. The van der Waals surface area contributed by atoms with Crippen LogP contribution < -0.4 is 0 Å². The van der Waals surface area contributed by atoms with E-state index in [1.807, 2.05) is 32.0 Å². The van der Waals surface area contributed by atoms with E-state index in [1.165, 1.54) is 16.5 Å². The minimum absolute atomic E-state index is 0.0401. The maximum atomic E-state index is 12.8. The Hall–Kier alpha value is -2.14. The van der Waals surface area contributed by atoms with E-state index < -0.39 is 0 Å². The lowest BCUT2D eigenvalue weighted by molar-refractivity contribution is -0.131. The van der Waals surface area contributed by atoms with Crippen LogP contribution in [0.5, 0.6) is 0 Å². The number of nitrogens with one attached hydrogen (secondary N) is 1. The standard InChI is InChI=1S/C19H23N3OS/c1-11-6-7-12(2)19-18(11)15(13(3)21-19)8-17(23)22(5)14(4)16-9-20-10-24-16/h6-7,9-10,14,21H,8H2,1-5H3/t14-/m1/s1. The van der Waals surface area contributed by atoms with Gasteiger partial charge in [0, 0.05) is 34.7 Å². The molecule has 0 aliphatic carbocycles. The molecule has 0 aliphatic rings. The topological polar surface area (TPSA) is 49.0 Å². The first kappa shape index (κ1) is 16.7. The Balaban J connectivity index is 1.91. The summed E-state index contributed by atoms with van der Waals surface area (Å²) in [6.45, 7) is 8.30. The van der Waals surface area contributed by atoms with E-state index >= 15 is 0 Å². The van der Waals surface area contributed by atoms with E-state index in [2.05, 4.69) is 35.9 Å². The van der Waals surface area contributed by atoms with Gasteiger partial charge in [0.2, 0.25) is 5.91 Å². The Kier molecular flexibility index (Phi) is 4.45. The Labute approximate surface area is 146 Å². The van der Waals surface area contributed by atoms with Crippen molar-refractivity contribution in [3.63, 3.8) is 0 Å². The molecular weight excluding hydrogens is 318 g/mol. The highest BCUT2D eigenvalue weighted by molar-refractivity contribution is 7.09. The average molecular weight is 341 g/mol. The largest absolute Gasteiger partial charge is 0.358 e. The smallest absolute Gasteiger partial charge is 0.227 e. The third-order valence-corrected chi connectivity index (χ3v) is 5.80. The summed E-state index contributed by atoms with van der Waals surface area (Å²) in [5.41, 5.74) is 7.56. The number of benzene rings is 1. The fourth-order valence-electron chi connectivity index (χ4n) is 3.15. The summed E-state index contributed by atoms with van der Waals surface area (Å²) in [6, 6.07) is 4.29. The number of aryl methyl sites for hydroxylation is 3. The van der Waals surface area contributed by atoms with Gasteiger partial charge in [0.05, 0.1) is 18.0 Å². The number of nitrogens with zero attached hydrogens (tertiary/aromatic N) is 2. The van der Waals surface area contributed by atoms with Crippen LogP contribution in [0.2, 0.25) is 0 Å². The number of rotatable bonds is 4. The Morgan fingerprint density at radius 3 is 2.67 bits per heavy atom. The fourth-order valence-corrected chi connectivity index (χ4v) is 3.87. The van der Waals surface area contributed by atoms with Crippen molar-refractivity contribution in [3.8, 4) is 0 Å². The molecule has 2 heterocycles. The summed E-state index contributed by atoms with van der Waals surface area (Å²) in [4.78, 5) is 23.3. The molecule has 1 amide bonds. The minimum atomic E-state index is 0.0401. The van der Waals surface area contributed by atoms with E-state index in [0.717, 1.165) is 21.7 Å². The molecule has 0 saturated heterocycles. The first-order valence-corrected chi connectivity index (χ1v) is 8.99. The molecule has 1 aromatic carbocycles. The van der Waals surface area contributed by atoms with Crippen molar-refractivity contribution in [2.75, 3.05) is 7.05 Å². The molecule has 24 heavy (non-hydrogen) atoms. The molecule has 0 saturated carbocycles. The fraction of sp³-hybridized carbons (Fsp3) is 0.368. The van der Waals surface area contributed by atoms with Gasteiger partial charge in [0.25, 0.3) is 0 Å². The van der Waals surface area contributed by atoms with Crippen LogP contribution >= 0.6 is 11.3 Å². The van der Waals surface area contributed by atoms with Crippen LogP contribution in [0.15, 0.2) is 23.8 Å². The molecule has 0 bridgehead atoms. The van der Waals surface area contributed by atoms with E-state index in [1.54, 1.807) is 16.8 Å². The molecule has 0 radical (unpaired) electrons. The second-order valence-corrected chi connectivity index (χ2v) is 7.36. The molecule has 1 N–H and O–H groups in total. The number of aromatic nitrogens is 2. The second kappa shape index (κ2) is 6.40. The lowest BCUT2D eigenvalue weighted by Gasteiger charge is -2.24. The van der Waals surface area contributed by atoms with E-state index in [4.69, 9.17) is 0 Å². The molecule has 3 rings (SSSR count). The summed E-state index contributed by atoms with van der Waals surface area (Å²) >= 11 is 1.58. The summed E-state index contributed by atoms with van der Waals surface area (Å²) < 4.78 is 0. The summed E-state index contributed by atoms with van der Waals surface area (Å²) in [5.74, 6) is 0.126. The van der Waals surface area contributed by atoms with Gasteiger partial charge in [-0.15, -0.1) is 11.3 Å². The normalized spacial score (nSPS) is 12.5. The van der Waals surface area contributed by atoms with E-state index in [9.17, 15) is 4.79 Å². The molecule has 2 aromatic heterocycles. The monoisotopic (exact) mass is 341 g/mol. The molecule has 4 nitrogen and oxygen atoms in total. The SMILES string of the molecule is Cc1[nH]c2c(C)ccc(C)c2c1CC(=O)N(C)[C@H](C)c1cncs1. The van der Waals surface area contributed by atoms with Crippen LogP contribution in [0.3, 0.4) is 0 Å². The van der Waals surface area contributed by atoms with Gasteiger partial charge < -0.3 is 9.88 Å². The summed E-state index contributed by atoms with van der Waals surface area (Å²) in [6.07, 6.45) is 2.25. The number of likely N-dealkylation sites (N-methyl/N-ethyl adjacent to an activating group) is 1. The van der Waals surface area contributed by atoms with Crippen LogP contribution in [0.25, 0.3) is 10.9 Å². The van der Waals surface area contributed by atoms with Crippen LogP contribution in [0.4, 0.5) is 0 Å². The highest BCUT2D eigenvalue weighted by atomic mass is 32.1. The molecule has 1 atom stereocenters. The maximum Gasteiger partial charge on any atom is 0.227 e. The lowest BCUT2D eigenvalue weighted by atomic mass is 10.0. The van der Waals surface area contributed by atoms with Crippen LogP contribution in [-0.4, -0.2) is 27.8 Å². The Morgan fingerprint density at radius 2 is 2.00 bits per heavy atom. The quantitative estimate of drug-likeness (QED) is 0.768. The molecule has 126 valence electrons. The van der Waals surface area contributed by atoms with Crippen molar-refractivity contribution in [1.82, 2.24) is 14.9 Å². The Morgan fingerprint density at radius 1 is 1.29 bits per heavy atom. The molecule has 0 aliphatic heterocycles. The average Bonchev–Trinajstić information content (AvgIpc) is 3.19. The number of amides is 1. The molecular formula is C19H23N3OS. The number of hydrogen-bond acceptors (Lipinski definition) is 3.